The van der Waals surface area contributed by atoms with Crippen molar-refractivity contribution in [1.29, 1.82) is 0 Å². The lowest BCUT2D eigenvalue weighted by Crippen LogP contribution is -2.23. The summed E-state index contributed by atoms with van der Waals surface area (Å²) in [6, 6.07) is 6.03. The number of amides is 1. The molecule has 0 aliphatic heterocycles. The largest absolute Gasteiger partial charge is 0.451 e. The van der Waals surface area contributed by atoms with E-state index in [1.807, 2.05) is 0 Å². The smallest absolute Gasteiger partial charge is 0.273 e. The first-order chi connectivity index (χ1) is 7.75. The van der Waals surface area contributed by atoms with Crippen LogP contribution in [0.2, 0.25) is 0 Å². The molecule has 0 radical (unpaired) electrons. The lowest BCUT2D eigenvalue weighted by molar-refractivity contribution is 0.0946. The number of rotatable bonds is 3. The first kappa shape index (κ1) is 13.2. The molecule has 6 heteroatoms. The number of hydrogen-bond donors (Lipinski definition) is 1. The van der Waals surface area contributed by atoms with Crippen molar-refractivity contribution in [2.75, 3.05) is 0 Å². The van der Waals surface area contributed by atoms with Gasteiger partial charge in [-0.2, -0.15) is 0 Å². The van der Waals surface area contributed by atoms with Gasteiger partial charge in [0.1, 0.15) is 12.1 Å². The fraction of sp³-hybridized carbons (Fsp3) is 0.0909. The SMILES string of the molecule is Cl.O=C(NCc1cccc(F)c1)c1cocn1. The van der Waals surface area contributed by atoms with Crippen LogP contribution in [0.15, 0.2) is 41.3 Å². The van der Waals surface area contributed by atoms with Crippen molar-refractivity contribution in [2.24, 2.45) is 0 Å². The van der Waals surface area contributed by atoms with Crippen LogP contribution in [0.3, 0.4) is 0 Å². The predicted molar refractivity (Wildman–Crippen MR) is 61.3 cm³/mol. The van der Waals surface area contributed by atoms with Crippen LogP contribution in [-0.2, 0) is 6.54 Å². The van der Waals surface area contributed by atoms with Crippen molar-refractivity contribution in [3.8, 4) is 0 Å². The van der Waals surface area contributed by atoms with E-state index >= 15 is 0 Å². The maximum absolute atomic E-state index is 12.8. The van der Waals surface area contributed by atoms with Crippen LogP contribution in [0.25, 0.3) is 0 Å². The van der Waals surface area contributed by atoms with E-state index in [2.05, 4.69) is 14.7 Å². The first-order valence-electron chi connectivity index (χ1n) is 4.66. The molecule has 17 heavy (non-hydrogen) atoms. The van der Waals surface area contributed by atoms with Gasteiger partial charge in [-0.15, -0.1) is 12.4 Å². The van der Waals surface area contributed by atoms with E-state index in [4.69, 9.17) is 0 Å². The zero-order chi connectivity index (χ0) is 11.4. The molecule has 0 saturated carbocycles. The van der Waals surface area contributed by atoms with Gasteiger partial charge in [0.05, 0.1) is 0 Å². The minimum absolute atomic E-state index is 0. The van der Waals surface area contributed by atoms with Crippen LogP contribution >= 0.6 is 12.4 Å². The molecule has 0 unspecified atom stereocenters. The van der Waals surface area contributed by atoms with Crippen molar-refractivity contribution in [1.82, 2.24) is 10.3 Å². The Labute approximate surface area is 103 Å². The van der Waals surface area contributed by atoms with Gasteiger partial charge in [0.2, 0.25) is 0 Å². The molecule has 2 aromatic rings. The van der Waals surface area contributed by atoms with Crippen LogP contribution in [0.4, 0.5) is 4.39 Å². The Morgan fingerprint density at radius 1 is 1.47 bits per heavy atom. The molecule has 2 rings (SSSR count). The molecule has 0 aliphatic carbocycles. The number of nitrogens with one attached hydrogen (secondary N) is 1. The Bertz CT molecular complexity index is 488. The highest BCUT2D eigenvalue weighted by Gasteiger charge is 2.07. The summed E-state index contributed by atoms with van der Waals surface area (Å²) < 4.78 is 17.5. The summed E-state index contributed by atoms with van der Waals surface area (Å²) in [6.07, 6.45) is 2.43. The van der Waals surface area contributed by atoms with Gasteiger partial charge in [0.15, 0.2) is 12.1 Å². The number of halogens is 2. The molecule has 1 aromatic heterocycles. The predicted octanol–water partition coefficient (Wildman–Crippen LogP) is 2.17. The van der Waals surface area contributed by atoms with Crippen LogP contribution in [0.5, 0.6) is 0 Å². The second-order valence-corrected chi connectivity index (χ2v) is 3.19. The van der Waals surface area contributed by atoms with E-state index < -0.39 is 0 Å². The van der Waals surface area contributed by atoms with Gasteiger partial charge >= 0.3 is 0 Å². The van der Waals surface area contributed by atoms with Crippen molar-refractivity contribution in [3.63, 3.8) is 0 Å². The highest BCUT2D eigenvalue weighted by molar-refractivity contribution is 5.91. The summed E-state index contributed by atoms with van der Waals surface area (Å²) in [5.74, 6) is -0.675. The third kappa shape index (κ3) is 3.57. The second-order valence-electron chi connectivity index (χ2n) is 3.19. The molecule has 0 bridgehead atoms. The third-order valence-electron chi connectivity index (χ3n) is 2.01. The summed E-state index contributed by atoms with van der Waals surface area (Å²) in [7, 11) is 0. The standard InChI is InChI=1S/C11H9FN2O2.ClH/c12-9-3-1-2-8(4-9)5-13-11(15)10-6-16-7-14-10;/h1-4,6-7H,5H2,(H,13,15);1H. The fourth-order valence-corrected chi connectivity index (χ4v) is 1.24. The van der Waals surface area contributed by atoms with Crippen LogP contribution in [0, 0.1) is 5.82 Å². The fourth-order valence-electron chi connectivity index (χ4n) is 1.24. The average molecular weight is 257 g/mol. The van der Waals surface area contributed by atoms with Gasteiger partial charge in [0.25, 0.3) is 5.91 Å². The molecule has 1 heterocycles. The summed E-state index contributed by atoms with van der Waals surface area (Å²) in [6.45, 7) is 0.253. The third-order valence-corrected chi connectivity index (χ3v) is 2.01. The van der Waals surface area contributed by atoms with Crippen LogP contribution in [0.1, 0.15) is 16.1 Å². The molecule has 1 aromatic carbocycles. The van der Waals surface area contributed by atoms with Crippen molar-refractivity contribution >= 4 is 18.3 Å². The summed E-state index contributed by atoms with van der Waals surface area (Å²) in [5, 5.41) is 2.60. The maximum Gasteiger partial charge on any atom is 0.273 e. The number of nitrogens with zero attached hydrogens (tertiary/aromatic N) is 1. The van der Waals surface area contributed by atoms with Gasteiger partial charge in [-0.1, -0.05) is 12.1 Å². The molecule has 4 nitrogen and oxygen atoms in total. The second kappa shape index (κ2) is 6.00. The summed E-state index contributed by atoms with van der Waals surface area (Å²) in [4.78, 5) is 15.1. The summed E-state index contributed by atoms with van der Waals surface area (Å²) in [5.41, 5.74) is 0.897. The molecule has 1 N–H and O–H groups in total. The van der Waals surface area contributed by atoms with Crippen LogP contribution < -0.4 is 5.32 Å². The van der Waals surface area contributed by atoms with E-state index in [9.17, 15) is 9.18 Å². The van der Waals surface area contributed by atoms with Crippen molar-refractivity contribution < 1.29 is 13.6 Å². The van der Waals surface area contributed by atoms with E-state index in [0.717, 1.165) is 0 Å². The molecule has 0 atom stereocenters. The van der Waals surface area contributed by atoms with Gasteiger partial charge in [-0.3, -0.25) is 4.79 Å². The van der Waals surface area contributed by atoms with Gasteiger partial charge in [0, 0.05) is 6.54 Å². The zero-order valence-corrected chi connectivity index (χ0v) is 9.54. The molecule has 0 spiro atoms. The Balaban J connectivity index is 0.00000144. The first-order valence-corrected chi connectivity index (χ1v) is 4.66. The number of benzene rings is 1. The molecule has 0 fully saturated rings. The van der Waals surface area contributed by atoms with E-state index in [-0.39, 0.29) is 36.4 Å². The normalized spacial score (nSPS) is 9.47. The minimum Gasteiger partial charge on any atom is -0.451 e. The molecular weight excluding hydrogens is 247 g/mol. The Hall–Kier alpha value is -1.88. The number of carbonyl (C=O) groups excluding carboxylic acids is 1. The quantitative estimate of drug-likeness (QED) is 0.916. The highest BCUT2D eigenvalue weighted by atomic mass is 35.5. The van der Waals surface area contributed by atoms with E-state index in [0.29, 0.717) is 5.56 Å². The Kier molecular flexibility index (Phi) is 4.66. The lowest BCUT2D eigenvalue weighted by Gasteiger charge is -2.02. The molecule has 0 aliphatic rings. The zero-order valence-electron chi connectivity index (χ0n) is 8.72. The Morgan fingerprint density at radius 2 is 2.29 bits per heavy atom. The Morgan fingerprint density at radius 3 is 2.94 bits per heavy atom. The number of hydrogen-bond acceptors (Lipinski definition) is 3. The molecule has 0 saturated heterocycles. The monoisotopic (exact) mass is 256 g/mol. The minimum atomic E-state index is -0.349. The van der Waals surface area contributed by atoms with Gasteiger partial charge < -0.3 is 9.73 Å². The highest BCUT2D eigenvalue weighted by Crippen LogP contribution is 2.03. The number of carbonyl (C=O) groups is 1. The van der Waals surface area contributed by atoms with E-state index in [1.165, 1.54) is 24.8 Å². The number of aromatic nitrogens is 1. The molecular formula is C11H10ClFN2O2. The maximum atomic E-state index is 12.8. The van der Waals surface area contributed by atoms with E-state index in [1.54, 1.807) is 12.1 Å². The van der Waals surface area contributed by atoms with Crippen molar-refractivity contribution in [2.45, 2.75) is 6.54 Å². The lowest BCUT2D eigenvalue weighted by atomic mass is 10.2. The average Bonchev–Trinajstić information content (AvgIpc) is 2.79. The summed E-state index contributed by atoms with van der Waals surface area (Å²) >= 11 is 0. The van der Waals surface area contributed by atoms with Gasteiger partial charge in [-0.05, 0) is 17.7 Å². The number of oxazole rings is 1. The molecule has 90 valence electrons. The topological polar surface area (TPSA) is 55.1 Å². The molecule has 1 amide bonds. The van der Waals surface area contributed by atoms with Gasteiger partial charge in [-0.25, -0.2) is 9.37 Å². The van der Waals surface area contributed by atoms with Crippen LogP contribution in [-0.4, -0.2) is 10.9 Å². The van der Waals surface area contributed by atoms with Crippen molar-refractivity contribution in [3.05, 3.63) is 54.0 Å².